The van der Waals surface area contributed by atoms with Crippen molar-refractivity contribution >= 4 is 11.6 Å². The van der Waals surface area contributed by atoms with E-state index >= 15 is 0 Å². The van der Waals surface area contributed by atoms with Crippen molar-refractivity contribution in [3.8, 4) is 11.1 Å². The Morgan fingerprint density at radius 3 is 2.70 bits per heavy atom. The van der Waals surface area contributed by atoms with Crippen LogP contribution in [0.5, 0.6) is 0 Å². The van der Waals surface area contributed by atoms with E-state index in [0.717, 1.165) is 24.5 Å². The highest BCUT2D eigenvalue weighted by Crippen LogP contribution is 2.23. The maximum Gasteiger partial charge on any atom is 0.0721 e. The summed E-state index contributed by atoms with van der Waals surface area (Å²) in [5.41, 5.74) is 3.59. The second-order valence-corrected chi connectivity index (χ2v) is 5.57. The van der Waals surface area contributed by atoms with Gasteiger partial charge in [0.05, 0.1) is 12.7 Å². The molecule has 1 aliphatic rings. The molecule has 0 amide bonds. The van der Waals surface area contributed by atoms with Crippen molar-refractivity contribution in [2.45, 2.75) is 19.1 Å². The Balaban J connectivity index is 1.70. The van der Waals surface area contributed by atoms with Crippen LogP contribution in [-0.2, 0) is 11.3 Å². The van der Waals surface area contributed by atoms with Crippen molar-refractivity contribution in [2.24, 2.45) is 0 Å². The van der Waals surface area contributed by atoms with Gasteiger partial charge in [-0.1, -0.05) is 41.9 Å². The lowest BCUT2D eigenvalue weighted by molar-refractivity contribution is 0.0542. The van der Waals surface area contributed by atoms with Crippen molar-refractivity contribution in [1.29, 1.82) is 0 Å². The topological polar surface area (TPSA) is 21.3 Å². The SMILES string of the molecule is Clc1ccc(-c2cccc(COC3CCNC3)c2)cc1. The van der Waals surface area contributed by atoms with Crippen LogP contribution in [0.25, 0.3) is 11.1 Å². The molecule has 0 bridgehead atoms. The molecule has 0 spiro atoms. The predicted molar refractivity (Wildman–Crippen MR) is 83.0 cm³/mol. The van der Waals surface area contributed by atoms with Crippen molar-refractivity contribution in [2.75, 3.05) is 13.1 Å². The summed E-state index contributed by atoms with van der Waals surface area (Å²) in [5.74, 6) is 0. The molecule has 2 nitrogen and oxygen atoms in total. The molecule has 3 rings (SSSR count). The molecule has 1 fully saturated rings. The first kappa shape index (κ1) is 13.6. The Bertz CT molecular complexity index is 561. The molecule has 104 valence electrons. The summed E-state index contributed by atoms with van der Waals surface area (Å²) in [6.45, 7) is 2.71. The van der Waals surface area contributed by atoms with Crippen molar-refractivity contribution < 1.29 is 4.74 Å². The molecule has 1 aliphatic heterocycles. The van der Waals surface area contributed by atoms with E-state index in [1.807, 2.05) is 24.3 Å². The molecule has 0 aliphatic carbocycles. The number of halogens is 1. The van der Waals surface area contributed by atoms with Crippen molar-refractivity contribution in [3.05, 3.63) is 59.1 Å². The highest BCUT2D eigenvalue weighted by molar-refractivity contribution is 6.30. The largest absolute Gasteiger partial charge is 0.372 e. The minimum atomic E-state index is 0.356. The Morgan fingerprint density at radius 2 is 1.95 bits per heavy atom. The predicted octanol–water partition coefficient (Wildman–Crippen LogP) is 3.89. The molecular weight excluding hydrogens is 270 g/mol. The summed E-state index contributed by atoms with van der Waals surface area (Å²) >= 11 is 5.93. The van der Waals surface area contributed by atoms with E-state index in [-0.39, 0.29) is 0 Å². The Labute approximate surface area is 124 Å². The van der Waals surface area contributed by atoms with Gasteiger partial charge in [-0.05, 0) is 47.9 Å². The number of benzene rings is 2. The van der Waals surface area contributed by atoms with Gasteiger partial charge in [0.25, 0.3) is 0 Å². The fourth-order valence-electron chi connectivity index (χ4n) is 2.47. The van der Waals surface area contributed by atoms with Crippen LogP contribution in [0.1, 0.15) is 12.0 Å². The lowest BCUT2D eigenvalue weighted by Crippen LogP contribution is -2.16. The average molecular weight is 288 g/mol. The van der Waals surface area contributed by atoms with E-state index in [4.69, 9.17) is 16.3 Å². The van der Waals surface area contributed by atoms with Crippen LogP contribution in [0, 0.1) is 0 Å². The third kappa shape index (κ3) is 3.40. The van der Waals surface area contributed by atoms with Crippen molar-refractivity contribution in [3.63, 3.8) is 0 Å². The Morgan fingerprint density at radius 1 is 1.10 bits per heavy atom. The first-order valence-corrected chi connectivity index (χ1v) is 7.36. The zero-order valence-corrected chi connectivity index (χ0v) is 12.1. The van der Waals surface area contributed by atoms with Crippen LogP contribution >= 0.6 is 11.6 Å². The lowest BCUT2D eigenvalue weighted by atomic mass is 10.0. The summed E-state index contributed by atoms with van der Waals surface area (Å²) in [4.78, 5) is 0. The minimum Gasteiger partial charge on any atom is -0.372 e. The van der Waals surface area contributed by atoms with Crippen LogP contribution in [-0.4, -0.2) is 19.2 Å². The van der Waals surface area contributed by atoms with Crippen molar-refractivity contribution in [1.82, 2.24) is 5.32 Å². The molecule has 1 unspecified atom stereocenters. The Hall–Kier alpha value is -1.35. The molecule has 2 aromatic carbocycles. The molecular formula is C17H18ClNO. The van der Waals surface area contributed by atoms with Gasteiger partial charge in [-0.25, -0.2) is 0 Å². The number of hydrogen-bond acceptors (Lipinski definition) is 2. The zero-order chi connectivity index (χ0) is 13.8. The van der Waals surface area contributed by atoms with Crippen LogP contribution in [0.3, 0.4) is 0 Å². The number of hydrogen-bond donors (Lipinski definition) is 1. The summed E-state index contributed by atoms with van der Waals surface area (Å²) in [5, 5.41) is 4.08. The van der Waals surface area contributed by atoms with E-state index < -0.39 is 0 Å². The van der Waals surface area contributed by atoms with Gasteiger partial charge in [-0.2, -0.15) is 0 Å². The van der Waals surface area contributed by atoms with E-state index in [1.54, 1.807) is 0 Å². The second kappa shape index (κ2) is 6.40. The fourth-order valence-corrected chi connectivity index (χ4v) is 2.59. The first-order valence-electron chi connectivity index (χ1n) is 6.98. The van der Waals surface area contributed by atoms with E-state index in [1.165, 1.54) is 16.7 Å². The van der Waals surface area contributed by atoms with Crippen LogP contribution in [0.2, 0.25) is 5.02 Å². The van der Waals surface area contributed by atoms with Crippen LogP contribution < -0.4 is 5.32 Å². The zero-order valence-electron chi connectivity index (χ0n) is 11.3. The second-order valence-electron chi connectivity index (χ2n) is 5.13. The fraction of sp³-hybridized carbons (Fsp3) is 0.294. The molecule has 3 heteroatoms. The summed E-state index contributed by atoms with van der Waals surface area (Å²) in [6, 6.07) is 16.4. The molecule has 20 heavy (non-hydrogen) atoms. The summed E-state index contributed by atoms with van der Waals surface area (Å²) in [6.07, 6.45) is 1.46. The van der Waals surface area contributed by atoms with Gasteiger partial charge in [0.2, 0.25) is 0 Å². The molecule has 1 atom stereocenters. The first-order chi connectivity index (χ1) is 9.81. The third-order valence-electron chi connectivity index (χ3n) is 3.61. The monoisotopic (exact) mass is 287 g/mol. The summed E-state index contributed by atoms with van der Waals surface area (Å²) in [7, 11) is 0. The molecule has 0 aromatic heterocycles. The molecule has 1 heterocycles. The highest BCUT2D eigenvalue weighted by atomic mass is 35.5. The number of nitrogens with one attached hydrogen (secondary N) is 1. The quantitative estimate of drug-likeness (QED) is 0.921. The molecule has 1 saturated heterocycles. The Kier molecular flexibility index (Phi) is 4.36. The normalized spacial score (nSPS) is 18.4. The lowest BCUT2D eigenvalue weighted by Gasteiger charge is -2.11. The molecule has 0 saturated carbocycles. The number of ether oxygens (including phenoxy) is 1. The maximum atomic E-state index is 5.93. The van der Waals surface area contributed by atoms with Gasteiger partial charge < -0.3 is 10.1 Å². The van der Waals surface area contributed by atoms with Gasteiger partial charge in [0.1, 0.15) is 0 Å². The third-order valence-corrected chi connectivity index (χ3v) is 3.86. The van der Waals surface area contributed by atoms with E-state index in [0.29, 0.717) is 12.7 Å². The van der Waals surface area contributed by atoms with Gasteiger partial charge in [-0.15, -0.1) is 0 Å². The van der Waals surface area contributed by atoms with Gasteiger partial charge in [0, 0.05) is 11.6 Å². The number of rotatable bonds is 4. The maximum absolute atomic E-state index is 5.93. The van der Waals surface area contributed by atoms with Crippen LogP contribution in [0.4, 0.5) is 0 Å². The standard InChI is InChI=1S/C17H18ClNO/c18-16-6-4-14(5-7-16)15-3-1-2-13(10-15)12-20-17-8-9-19-11-17/h1-7,10,17,19H,8-9,11-12H2. The van der Waals surface area contributed by atoms with E-state index in [9.17, 15) is 0 Å². The van der Waals surface area contributed by atoms with E-state index in [2.05, 4.69) is 29.6 Å². The smallest absolute Gasteiger partial charge is 0.0721 e. The minimum absolute atomic E-state index is 0.356. The average Bonchev–Trinajstić information content (AvgIpc) is 3.00. The molecule has 0 radical (unpaired) electrons. The molecule has 2 aromatic rings. The van der Waals surface area contributed by atoms with Gasteiger partial charge >= 0.3 is 0 Å². The van der Waals surface area contributed by atoms with Crippen LogP contribution in [0.15, 0.2) is 48.5 Å². The van der Waals surface area contributed by atoms with Gasteiger partial charge in [-0.3, -0.25) is 0 Å². The van der Waals surface area contributed by atoms with Gasteiger partial charge in [0.15, 0.2) is 0 Å². The summed E-state index contributed by atoms with van der Waals surface area (Å²) < 4.78 is 5.92. The highest BCUT2D eigenvalue weighted by Gasteiger charge is 2.14. The molecule has 1 N–H and O–H groups in total.